The van der Waals surface area contributed by atoms with Gasteiger partial charge in [0.05, 0.1) is 24.4 Å². The van der Waals surface area contributed by atoms with E-state index >= 15 is 0 Å². The zero-order chi connectivity index (χ0) is 13.0. The van der Waals surface area contributed by atoms with Crippen LogP contribution in [0.2, 0.25) is 5.02 Å². The molecule has 0 fully saturated rings. The molecule has 0 aromatic heterocycles. The molecule has 0 saturated carbocycles. The molecule has 0 aliphatic carbocycles. The fourth-order valence-corrected chi connectivity index (χ4v) is 1.39. The van der Waals surface area contributed by atoms with Crippen molar-refractivity contribution in [1.82, 2.24) is 0 Å². The van der Waals surface area contributed by atoms with Crippen molar-refractivity contribution in [1.29, 1.82) is 0 Å². The van der Waals surface area contributed by atoms with Crippen LogP contribution in [-0.4, -0.2) is 19.8 Å². The Kier molecular flexibility index (Phi) is 4.39. The van der Waals surface area contributed by atoms with E-state index in [0.29, 0.717) is 0 Å². The minimum absolute atomic E-state index is 0.00811. The fraction of sp³-hybridized carbons (Fsp3) is 0.300. The molecule has 1 amide bonds. The number of ether oxygens (including phenoxy) is 2. The van der Waals surface area contributed by atoms with Crippen LogP contribution in [-0.2, 0) is 4.74 Å². The second kappa shape index (κ2) is 5.58. The Bertz CT molecular complexity index is 440. The third-order valence-electron chi connectivity index (χ3n) is 1.93. The summed E-state index contributed by atoms with van der Waals surface area (Å²) in [5.74, 6) is -0.794. The van der Waals surface area contributed by atoms with Crippen LogP contribution in [0.5, 0.6) is 5.75 Å². The lowest BCUT2D eigenvalue weighted by molar-refractivity contribution is 0.167. The summed E-state index contributed by atoms with van der Waals surface area (Å²) in [4.78, 5) is 11.2. The molecule has 0 unspecified atom stereocenters. The van der Waals surface area contributed by atoms with E-state index in [1.165, 1.54) is 7.11 Å². The number of rotatable bonds is 3. The monoisotopic (exact) mass is 262 g/mol. The highest BCUT2D eigenvalue weighted by atomic mass is 35.5. The Balaban J connectivity index is 3.14. The number of benzene rings is 1. The molecule has 0 aliphatic rings. The van der Waals surface area contributed by atoms with Crippen molar-refractivity contribution < 1.29 is 18.7 Å². The zero-order valence-electron chi connectivity index (χ0n) is 9.34. The van der Waals surface area contributed by atoms with Crippen molar-refractivity contribution in [2.24, 2.45) is 0 Å². The van der Waals surface area contributed by atoms with Crippen LogP contribution in [0.1, 0.15) is 6.92 Å². The van der Waals surface area contributed by atoms with Crippen LogP contribution in [0, 0.1) is 5.82 Å². The van der Waals surface area contributed by atoms with E-state index in [4.69, 9.17) is 22.1 Å². The summed E-state index contributed by atoms with van der Waals surface area (Å²) < 4.78 is 23.1. The van der Waals surface area contributed by atoms with Gasteiger partial charge in [0.2, 0.25) is 0 Å². The minimum Gasteiger partial charge on any atom is -0.492 e. The van der Waals surface area contributed by atoms with E-state index in [9.17, 15) is 9.18 Å². The largest absolute Gasteiger partial charge is 0.492 e. The SMILES string of the molecule is CCOC(=O)Nc1c(F)cc(Cl)c(N)c1OC. The molecule has 5 nitrogen and oxygen atoms in total. The molecule has 94 valence electrons. The molecule has 0 radical (unpaired) electrons. The standard InChI is InChI=1S/C10H12ClFN2O3/c1-3-17-10(15)14-8-6(12)4-5(11)7(13)9(8)16-2/h4H,3,13H2,1-2H3,(H,14,15). The number of carbonyl (C=O) groups excluding carboxylic acids is 1. The first-order chi connectivity index (χ1) is 8.01. The van der Waals surface area contributed by atoms with Gasteiger partial charge in [-0.3, -0.25) is 5.32 Å². The van der Waals surface area contributed by atoms with E-state index < -0.39 is 11.9 Å². The highest BCUT2D eigenvalue weighted by Crippen LogP contribution is 2.38. The Morgan fingerprint density at radius 3 is 2.82 bits per heavy atom. The predicted octanol–water partition coefficient (Wildman–Crippen LogP) is 2.64. The number of hydrogen-bond donors (Lipinski definition) is 2. The van der Waals surface area contributed by atoms with Gasteiger partial charge < -0.3 is 15.2 Å². The van der Waals surface area contributed by atoms with Gasteiger partial charge in [-0.15, -0.1) is 0 Å². The highest BCUT2D eigenvalue weighted by molar-refractivity contribution is 6.33. The van der Waals surface area contributed by atoms with Crippen LogP contribution in [0.15, 0.2) is 6.07 Å². The number of hydrogen-bond acceptors (Lipinski definition) is 4. The highest BCUT2D eigenvalue weighted by Gasteiger charge is 2.18. The molecule has 3 N–H and O–H groups in total. The van der Waals surface area contributed by atoms with E-state index in [2.05, 4.69) is 10.1 Å². The number of amides is 1. The van der Waals surface area contributed by atoms with Crippen LogP contribution in [0.4, 0.5) is 20.6 Å². The maximum absolute atomic E-state index is 13.6. The van der Waals surface area contributed by atoms with Crippen molar-refractivity contribution in [3.8, 4) is 5.75 Å². The number of anilines is 2. The number of methoxy groups -OCH3 is 1. The summed E-state index contributed by atoms with van der Waals surface area (Å²) in [5, 5.41) is 2.21. The van der Waals surface area contributed by atoms with Gasteiger partial charge in [-0.1, -0.05) is 11.6 Å². The average Bonchev–Trinajstić information content (AvgIpc) is 2.27. The van der Waals surface area contributed by atoms with E-state index in [1.54, 1.807) is 6.92 Å². The molecule has 1 aromatic rings. The van der Waals surface area contributed by atoms with Gasteiger partial charge in [0.15, 0.2) is 11.6 Å². The lowest BCUT2D eigenvalue weighted by Gasteiger charge is -2.14. The summed E-state index contributed by atoms with van der Waals surface area (Å²) in [7, 11) is 1.29. The normalized spacial score (nSPS) is 9.88. The fourth-order valence-electron chi connectivity index (χ4n) is 1.21. The molecule has 1 rings (SSSR count). The first-order valence-electron chi connectivity index (χ1n) is 4.76. The number of nitrogens with one attached hydrogen (secondary N) is 1. The van der Waals surface area contributed by atoms with Crippen LogP contribution in [0.3, 0.4) is 0 Å². The van der Waals surface area contributed by atoms with Crippen LogP contribution >= 0.6 is 11.6 Å². The van der Waals surface area contributed by atoms with Crippen molar-refractivity contribution in [2.45, 2.75) is 6.92 Å². The zero-order valence-corrected chi connectivity index (χ0v) is 10.1. The second-order valence-electron chi connectivity index (χ2n) is 3.01. The Labute approximate surface area is 103 Å². The molecule has 17 heavy (non-hydrogen) atoms. The molecular formula is C10H12ClFN2O3. The molecule has 0 saturated heterocycles. The molecular weight excluding hydrogens is 251 g/mol. The summed E-state index contributed by atoms with van der Waals surface area (Å²) >= 11 is 5.68. The Hall–Kier alpha value is -1.69. The number of nitrogen functional groups attached to an aromatic ring is 1. The predicted molar refractivity (Wildman–Crippen MR) is 63.0 cm³/mol. The van der Waals surface area contributed by atoms with Gasteiger partial charge in [0.1, 0.15) is 5.69 Å². The number of halogens is 2. The number of carbonyl (C=O) groups is 1. The maximum atomic E-state index is 13.6. The molecule has 0 spiro atoms. The van der Waals surface area contributed by atoms with Crippen LogP contribution < -0.4 is 15.8 Å². The van der Waals surface area contributed by atoms with E-state index in [0.717, 1.165) is 6.07 Å². The molecule has 0 atom stereocenters. The smallest absolute Gasteiger partial charge is 0.411 e. The van der Waals surface area contributed by atoms with E-state index in [-0.39, 0.29) is 28.8 Å². The molecule has 7 heteroatoms. The number of nitrogens with two attached hydrogens (primary N) is 1. The summed E-state index contributed by atoms with van der Waals surface area (Å²) in [5.41, 5.74) is 5.44. The van der Waals surface area contributed by atoms with Gasteiger partial charge in [-0.2, -0.15) is 0 Å². The minimum atomic E-state index is -0.800. The Morgan fingerprint density at radius 1 is 1.65 bits per heavy atom. The average molecular weight is 263 g/mol. The lowest BCUT2D eigenvalue weighted by Crippen LogP contribution is -2.15. The van der Waals surface area contributed by atoms with Gasteiger partial charge in [0, 0.05) is 0 Å². The molecule has 0 aliphatic heterocycles. The Morgan fingerprint density at radius 2 is 2.29 bits per heavy atom. The quantitative estimate of drug-likeness (QED) is 0.822. The third kappa shape index (κ3) is 2.91. The third-order valence-corrected chi connectivity index (χ3v) is 2.24. The maximum Gasteiger partial charge on any atom is 0.411 e. The van der Waals surface area contributed by atoms with Gasteiger partial charge >= 0.3 is 6.09 Å². The van der Waals surface area contributed by atoms with Crippen molar-refractivity contribution in [3.05, 3.63) is 16.9 Å². The first kappa shape index (κ1) is 13.4. The van der Waals surface area contributed by atoms with Crippen molar-refractivity contribution in [3.63, 3.8) is 0 Å². The molecule has 1 aromatic carbocycles. The first-order valence-corrected chi connectivity index (χ1v) is 5.14. The second-order valence-corrected chi connectivity index (χ2v) is 3.41. The van der Waals surface area contributed by atoms with Gasteiger partial charge in [-0.05, 0) is 13.0 Å². The summed E-state index contributed by atoms with van der Waals surface area (Å²) in [6, 6.07) is 0.987. The van der Waals surface area contributed by atoms with Gasteiger partial charge in [0.25, 0.3) is 0 Å². The van der Waals surface area contributed by atoms with Crippen LogP contribution in [0.25, 0.3) is 0 Å². The van der Waals surface area contributed by atoms with Crippen molar-refractivity contribution in [2.75, 3.05) is 24.8 Å². The van der Waals surface area contributed by atoms with Gasteiger partial charge in [-0.25, -0.2) is 9.18 Å². The lowest BCUT2D eigenvalue weighted by atomic mass is 10.2. The summed E-state index contributed by atoms with van der Waals surface area (Å²) in [6.07, 6.45) is -0.800. The molecule has 0 bridgehead atoms. The summed E-state index contributed by atoms with van der Waals surface area (Å²) in [6.45, 7) is 1.79. The molecule has 0 heterocycles. The topological polar surface area (TPSA) is 73.6 Å². The van der Waals surface area contributed by atoms with Crippen molar-refractivity contribution >= 4 is 29.1 Å². The van der Waals surface area contributed by atoms with E-state index in [1.807, 2.05) is 0 Å².